The summed E-state index contributed by atoms with van der Waals surface area (Å²) in [5.74, 6) is 0.702. The summed E-state index contributed by atoms with van der Waals surface area (Å²) < 4.78 is 7.89. The lowest BCUT2D eigenvalue weighted by Gasteiger charge is -2.33. The fourth-order valence-electron chi connectivity index (χ4n) is 3.44. The number of piperidine rings is 1. The van der Waals surface area contributed by atoms with Gasteiger partial charge in [-0.1, -0.05) is 12.1 Å². The molecular formula is C19H21N3O2. The molecule has 0 aliphatic carbocycles. The summed E-state index contributed by atoms with van der Waals surface area (Å²) in [4.78, 5) is 19.6. The number of likely N-dealkylation sites (tertiary alicyclic amines) is 1. The van der Waals surface area contributed by atoms with Crippen molar-refractivity contribution in [1.82, 2.24) is 14.5 Å². The normalized spacial score (nSPS) is 18.2. The molecule has 0 saturated carbocycles. The van der Waals surface area contributed by atoms with Crippen molar-refractivity contribution >= 4 is 17.0 Å². The Hall–Kier alpha value is -2.56. The third-order valence-corrected chi connectivity index (χ3v) is 4.95. The number of rotatable bonds is 2. The van der Waals surface area contributed by atoms with Gasteiger partial charge in [-0.05, 0) is 50.5 Å². The summed E-state index contributed by atoms with van der Waals surface area (Å²) in [6, 6.07) is 11.5. The zero-order valence-corrected chi connectivity index (χ0v) is 14.0. The fraction of sp³-hybridized carbons (Fsp3) is 0.368. The molecule has 4 rings (SSSR count). The van der Waals surface area contributed by atoms with Crippen LogP contribution in [0.25, 0.3) is 11.1 Å². The van der Waals surface area contributed by atoms with Crippen LogP contribution in [0.4, 0.5) is 0 Å². The van der Waals surface area contributed by atoms with Crippen molar-refractivity contribution < 1.29 is 9.21 Å². The molecule has 124 valence electrons. The molecule has 5 nitrogen and oxygen atoms in total. The maximum absolute atomic E-state index is 13.1. The molecule has 0 radical (unpaired) electrons. The largest absolute Gasteiger partial charge is 0.438 e. The van der Waals surface area contributed by atoms with E-state index in [0.29, 0.717) is 5.89 Å². The first kappa shape index (κ1) is 15.0. The highest BCUT2D eigenvalue weighted by molar-refractivity contribution is 5.93. The Bertz CT molecular complexity index is 860. The number of aromatic nitrogens is 2. The number of carbonyl (C=O) groups excluding carboxylic acids is 1. The second kappa shape index (κ2) is 5.82. The first-order valence-corrected chi connectivity index (χ1v) is 8.44. The highest BCUT2D eigenvalue weighted by atomic mass is 16.3. The molecule has 1 atom stereocenters. The molecule has 1 aromatic carbocycles. The van der Waals surface area contributed by atoms with Crippen molar-refractivity contribution in [3.63, 3.8) is 0 Å². The van der Waals surface area contributed by atoms with Crippen LogP contribution in [0.1, 0.15) is 47.4 Å². The van der Waals surface area contributed by atoms with E-state index in [1.807, 2.05) is 59.8 Å². The molecule has 1 amide bonds. The van der Waals surface area contributed by atoms with Gasteiger partial charge in [-0.15, -0.1) is 0 Å². The summed E-state index contributed by atoms with van der Waals surface area (Å²) in [6.07, 6.45) is 2.99. The molecule has 24 heavy (non-hydrogen) atoms. The second-order valence-electron chi connectivity index (χ2n) is 6.45. The van der Waals surface area contributed by atoms with Gasteiger partial charge in [0, 0.05) is 19.3 Å². The predicted molar refractivity (Wildman–Crippen MR) is 91.8 cm³/mol. The highest BCUT2D eigenvalue weighted by Crippen LogP contribution is 2.33. The Morgan fingerprint density at radius 2 is 2.04 bits per heavy atom. The average Bonchev–Trinajstić information content (AvgIpc) is 3.18. The van der Waals surface area contributed by atoms with Crippen molar-refractivity contribution in [2.75, 3.05) is 6.54 Å². The predicted octanol–water partition coefficient (Wildman–Crippen LogP) is 3.84. The monoisotopic (exact) mass is 323 g/mol. The maximum Gasteiger partial charge on any atom is 0.271 e. The Kier molecular flexibility index (Phi) is 3.63. The Morgan fingerprint density at radius 1 is 1.21 bits per heavy atom. The molecule has 1 aliphatic heterocycles. The van der Waals surface area contributed by atoms with Crippen LogP contribution in [-0.2, 0) is 7.05 Å². The van der Waals surface area contributed by atoms with E-state index in [1.165, 1.54) is 0 Å². The lowest BCUT2D eigenvalue weighted by Crippen LogP contribution is -2.39. The summed E-state index contributed by atoms with van der Waals surface area (Å²) in [6.45, 7) is 2.75. The molecular weight excluding hydrogens is 302 g/mol. The van der Waals surface area contributed by atoms with Gasteiger partial charge in [0.05, 0.1) is 0 Å². The molecule has 1 aliphatic rings. The van der Waals surface area contributed by atoms with Crippen molar-refractivity contribution in [2.45, 2.75) is 32.2 Å². The van der Waals surface area contributed by atoms with Gasteiger partial charge in [-0.25, -0.2) is 4.98 Å². The first-order chi connectivity index (χ1) is 11.6. The molecule has 1 fully saturated rings. The van der Waals surface area contributed by atoms with Gasteiger partial charge in [0.2, 0.25) is 5.89 Å². The third kappa shape index (κ3) is 2.40. The number of fused-ring (bicyclic) bond motifs is 1. The summed E-state index contributed by atoms with van der Waals surface area (Å²) in [5, 5.41) is 0. The van der Waals surface area contributed by atoms with E-state index < -0.39 is 0 Å². The van der Waals surface area contributed by atoms with Gasteiger partial charge in [-0.3, -0.25) is 4.79 Å². The van der Waals surface area contributed by atoms with Gasteiger partial charge < -0.3 is 13.9 Å². The number of nitrogens with zero attached hydrogens (tertiary/aromatic N) is 3. The average molecular weight is 323 g/mol. The van der Waals surface area contributed by atoms with Crippen molar-refractivity contribution in [1.29, 1.82) is 0 Å². The minimum absolute atomic E-state index is 0.0533. The SMILES string of the molecule is Cc1ccc(C(=O)N2CCCCC2c2nc3ccccc3o2)n1C. The van der Waals surface area contributed by atoms with Crippen LogP contribution in [0.5, 0.6) is 0 Å². The van der Waals surface area contributed by atoms with Gasteiger partial charge in [0.25, 0.3) is 5.91 Å². The zero-order valence-electron chi connectivity index (χ0n) is 14.0. The van der Waals surface area contributed by atoms with Crippen LogP contribution in [-0.4, -0.2) is 26.9 Å². The van der Waals surface area contributed by atoms with E-state index in [9.17, 15) is 4.79 Å². The number of amides is 1. The van der Waals surface area contributed by atoms with E-state index in [-0.39, 0.29) is 11.9 Å². The Balaban J connectivity index is 1.70. The molecule has 0 bridgehead atoms. The van der Waals surface area contributed by atoms with Crippen LogP contribution in [0.2, 0.25) is 0 Å². The maximum atomic E-state index is 13.1. The summed E-state index contributed by atoms with van der Waals surface area (Å²) in [7, 11) is 1.93. The molecule has 3 aromatic rings. The van der Waals surface area contributed by atoms with E-state index in [2.05, 4.69) is 4.98 Å². The lowest BCUT2D eigenvalue weighted by atomic mass is 10.0. The lowest BCUT2D eigenvalue weighted by molar-refractivity contribution is 0.0564. The Morgan fingerprint density at radius 3 is 2.79 bits per heavy atom. The van der Waals surface area contributed by atoms with Crippen LogP contribution in [0, 0.1) is 6.92 Å². The molecule has 2 aromatic heterocycles. The number of oxazole rings is 1. The molecule has 5 heteroatoms. The molecule has 0 spiro atoms. The minimum atomic E-state index is -0.0890. The molecule has 1 unspecified atom stereocenters. The van der Waals surface area contributed by atoms with Crippen molar-refractivity contribution in [3.05, 3.63) is 53.7 Å². The number of aryl methyl sites for hydroxylation is 1. The first-order valence-electron chi connectivity index (χ1n) is 8.44. The van der Waals surface area contributed by atoms with E-state index in [0.717, 1.165) is 48.3 Å². The molecule has 3 heterocycles. The van der Waals surface area contributed by atoms with E-state index in [1.54, 1.807) is 0 Å². The molecule has 1 saturated heterocycles. The summed E-state index contributed by atoms with van der Waals surface area (Å²) >= 11 is 0. The number of carbonyl (C=O) groups is 1. The van der Waals surface area contributed by atoms with Crippen molar-refractivity contribution in [3.8, 4) is 0 Å². The number of hydrogen-bond donors (Lipinski definition) is 0. The second-order valence-corrected chi connectivity index (χ2v) is 6.45. The molecule has 0 N–H and O–H groups in total. The van der Waals surface area contributed by atoms with Crippen molar-refractivity contribution in [2.24, 2.45) is 7.05 Å². The van der Waals surface area contributed by atoms with Gasteiger partial charge in [0.15, 0.2) is 5.58 Å². The summed E-state index contributed by atoms with van der Waals surface area (Å²) in [5.41, 5.74) is 3.42. The standard InChI is InChI=1S/C19H21N3O2/c1-13-10-11-16(21(13)2)19(23)22-12-6-5-8-15(22)18-20-14-7-3-4-9-17(14)24-18/h3-4,7,9-11,15H,5-6,8,12H2,1-2H3. The van der Waals surface area contributed by atoms with Gasteiger partial charge in [0.1, 0.15) is 17.3 Å². The van der Waals surface area contributed by atoms with Gasteiger partial charge in [-0.2, -0.15) is 0 Å². The zero-order chi connectivity index (χ0) is 16.7. The fourth-order valence-corrected chi connectivity index (χ4v) is 3.44. The van der Waals surface area contributed by atoms with Gasteiger partial charge >= 0.3 is 0 Å². The van der Waals surface area contributed by atoms with Crippen LogP contribution >= 0.6 is 0 Å². The van der Waals surface area contributed by atoms with Crippen LogP contribution in [0.15, 0.2) is 40.8 Å². The topological polar surface area (TPSA) is 51.3 Å². The van der Waals surface area contributed by atoms with Crippen LogP contribution in [0.3, 0.4) is 0 Å². The number of hydrogen-bond acceptors (Lipinski definition) is 3. The van der Waals surface area contributed by atoms with E-state index in [4.69, 9.17) is 4.42 Å². The van der Waals surface area contributed by atoms with Crippen LogP contribution < -0.4 is 0 Å². The van der Waals surface area contributed by atoms with E-state index >= 15 is 0 Å². The minimum Gasteiger partial charge on any atom is -0.438 e. The highest BCUT2D eigenvalue weighted by Gasteiger charge is 2.33. The quantitative estimate of drug-likeness (QED) is 0.720. The smallest absolute Gasteiger partial charge is 0.271 e. The number of para-hydroxylation sites is 2. The number of benzene rings is 1. The third-order valence-electron chi connectivity index (χ3n) is 4.95. The Labute approximate surface area is 140 Å².